The molecule has 0 aliphatic heterocycles. The van der Waals surface area contributed by atoms with Crippen molar-refractivity contribution in [2.75, 3.05) is 13.7 Å². The topological polar surface area (TPSA) is 63.1 Å². The molecule has 1 aromatic heterocycles. The fraction of sp³-hybridized carbons (Fsp3) is 0.647. The van der Waals surface area contributed by atoms with Crippen LogP contribution in [0.5, 0.6) is 0 Å². The molecule has 4 N–H and O–H groups in total. The summed E-state index contributed by atoms with van der Waals surface area (Å²) in [5.41, 5.74) is 11.1. The maximum absolute atomic E-state index is 6.29. The van der Waals surface area contributed by atoms with Gasteiger partial charge in [-0.25, -0.2) is 0 Å². The van der Waals surface area contributed by atoms with Gasteiger partial charge in [0, 0.05) is 49.0 Å². The number of methoxy groups -OCH3 is 1. The van der Waals surface area contributed by atoms with Crippen molar-refractivity contribution in [1.29, 1.82) is 0 Å². The first kappa shape index (κ1) is 16.1. The summed E-state index contributed by atoms with van der Waals surface area (Å²) in [6.07, 6.45) is 9.88. The molecular formula is C17H29N3O. The number of rotatable bonds is 9. The summed E-state index contributed by atoms with van der Waals surface area (Å²) in [5.74, 6) is 0. The summed E-state index contributed by atoms with van der Waals surface area (Å²) in [4.78, 5) is 3.39. The molecule has 118 valence electrons. The van der Waals surface area contributed by atoms with E-state index in [2.05, 4.69) is 36.4 Å². The molecule has 0 amide bonds. The van der Waals surface area contributed by atoms with Crippen molar-refractivity contribution < 1.29 is 4.74 Å². The van der Waals surface area contributed by atoms with Gasteiger partial charge in [-0.15, -0.1) is 0 Å². The molecule has 1 heterocycles. The normalized spacial score (nSPS) is 17.2. The number of nitrogens with two attached hydrogens (primary N) is 1. The molecular weight excluding hydrogens is 262 g/mol. The molecule has 0 aromatic carbocycles. The van der Waals surface area contributed by atoms with Crippen LogP contribution in [-0.2, 0) is 17.6 Å². The number of aromatic amines is 1. The Morgan fingerprint density at radius 3 is 2.95 bits per heavy atom. The molecule has 1 saturated carbocycles. The van der Waals surface area contributed by atoms with Crippen molar-refractivity contribution in [2.45, 2.75) is 58.0 Å². The van der Waals surface area contributed by atoms with Crippen LogP contribution in [0.3, 0.4) is 0 Å². The number of aryl methyl sites for hydroxylation is 2. The predicted molar refractivity (Wildman–Crippen MR) is 88.2 cm³/mol. The van der Waals surface area contributed by atoms with Crippen molar-refractivity contribution in [3.8, 4) is 0 Å². The lowest BCUT2D eigenvalue weighted by Crippen LogP contribution is -2.32. The van der Waals surface area contributed by atoms with E-state index in [0.29, 0.717) is 6.04 Å². The SMILES string of the molecule is CCc1[nH]cc(CCCOC)c1/C=C(\N)C(C)NC1CC1. The average Bonchev–Trinajstić information content (AvgIpc) is 3.20. The average molecular weight is 291 g/mol. The summed E-state index contributed by atoms with van der Waals surface area (Å²) in [7, 11) is 1.75. The lowest BCUT2D eigenvalue weighted by Gasteiger charge is -2.14. The molecule has 0 spiro atoms. The summed E-state index contributed by atoms with van der Waals surface area (Å²) in [5, 5.41) is 3.55. The van der Waals surface area contributed by atoms with E-state index < -0.39 is 0 Å². The molecule has 1 aliphatic carbocycles. The second-order valence-corrected chi connectivity index (χ2v) is 5.96. The molecule has 1 fully saturated rings. The molecule has 1 aliphatic rings. The van der Waals surface area contributed by atoms with Gasteiger partial charge in [0.2, 0.25) is 0 Å². The van der Waals surface area contributed by atoms with Crippen LogP contribution in [0.25, 0.3) is 6.08 Å². The highest BCUT2D eigenvalue weighted by Crippen LogP contribution is 2.22. The molecule has 1 aromatic rings. The number of ether oxygens (including phenoxy) is 1. The zero-order chi connectivity index (χ0) is 15.2. The highest BCUT2D eigenvalue weighted by molar-refractivity contribution is 5.60. The van der Waals surface area contributed by atoms with Crippen molar-refractivity contribution in [2.24, 2.45) is 5.73 Å². The van der Waals surface area contributed by atoms with E-state index >= 15 is 0 Å². The van der Waals surface area contributed by atoms with Gasteiger partial charge >= 0.3 is 0 Å². The van der Waals surface area contributed by atoms with E-state index in [0.717, 1.165) is 31.6 Å². The van der Waals surface area contributed by atoms with Gasteiger partial charge in [0.25, 0.3) is 0 Å². The largest absolute Gasteiger partial charge is 0.401 e. The van der Waals surface area contributed by atoms with E-state index in [4.69, 9.17) is 10.5 Å². The van der Waals surface area contributed by atoms with Gasteiger partial charge < -0.3 is 20.8 Å². The molecule has 4 heteroatoms. The summed E-state index contributed by atoms with van der Waals surface area (Å²) in [6, 6.07) is 0.911. The molecule has 0 bridgehead atoms. The third-order valence-corrected chi connectivity index (χ3v) is 4.11. The Hall–Kier alpha value is -1.26. The van der Waals surface area contributed by atoms with E-state index in [9.17, 15) is 0 Å². The van der Waals surface area contributed by atoms with Gasteiger partial charge in [0.15, 0.2) is 0 Å². The maximum atomic E-state index is 6.29. The highest BCUT2D eigenvalue weighted by atomic mass is 16.5. The maximum Gasteiger partial charge on any atom is 0.0465 e. The first-order valence-electron chi connectivity index (χ1n) is 8.06. The van der Waals surface area contributed by atoms with Crippen LogP contribution < -0.4 is 11.1 Å². The van der Waals surface area contributed by atoms with E-state index in [1.807, 2.05) is 0 Å². The lowest BCUT2D eigenvalue weighted by molar-refractivity contribution is 0.195. The molecule has 0 radical (unpaired) electrons. The van der Waals surface area contributed by atoms with Crippen LogP contribution in [0, 0.1) is 0 Å². The predicted octanol–water partition coefficient (Wildman–Crippen LogP) is 2.60. The van der Waals surface area contributed by atoms with Crippen molar-refractivity contribution in [3.63, 3.8) is 0 Å². The zero-order valence-electron chi connectivity index (χ0n) is 13.5. The molecule has 4 nitrogen and oxygen atoms in total. The Balaban J connectivity index is 2.09. The van der Waals surface area contributed by atoms with Crippen LogP contribution in [0.4, 0.5) is 0 Å². The number of aromatic nitrogens is 1. The minimum absolute atomic E-state index is 0.240. The van der Waals surface area contributed by atoms with Crippen LogP contribution in [0.2, 0.25) is 0 Å². The third-order valence-electron chi connectivity index (χ3n) is 4.11. The molecule has 1 atom stereocenters. The van der Waals surface area contributed by atoms with Crippen molar-refractivity contribution in [1.82, 2.24) is 10.3 Å². The quantitative estimate of drug-likeness (QED) is 0.613. The fourth-order valence-electron chi connectivity index (χ4n) is 2.60. The van der Waals surface area contributed by atoms with Crippen LogP contribution in [-0.4, -0.2) is 30.8 Å². The standard InChI is InChI=1S/C17H29N3O/c1-4-17-15(13(11-19-17)6-5-9-21-3)10-16(18)12(2)20-14-7-8-14/h10-12,14,19-20H,4-9,18H2,1-3H3/b16-10-. The highest BCUT2D eigenvalue weighted by Gasteiger charge is 2.23. The van der Waals surface area contributed by atoms with E-state index in [1.165, 1.54) is 29.7 Å². The second-order valence-electron chi connectivity index (χ2n) is 5.96. The summed E-state index contributed by atoms with van der Waals surface area (Å²) in [6.45, 7) is 5.11. The summed E-state index contributed by atoms with van der Waals surface area (Å²) >= 11 is 0. The number of nitrogens with one attached hydrogen (secondary N) is 2. The van der Waals surface area contributed by atoms with E-state index in [-0.39, 0.29) is 6.04 Å². The van der Waals surface area contributed by atoms with Gasteiger partial charge in [-0.2, -0.15) is 0 Å². The Kier molecular flexibility index (Phi) is 5.88. The minimum atomic E-state index is 0.240. The Morgan fingerprint density at radius 2 is 2.33 bits per heavy atom. The molecule has 0 saturated heterocycles. The Morgan fingerprint density at radius 1 is 1.57 bits per heavy atom. The van der Waals surface area contributed by atoms with Gasteiger partial charge in [-0.1, -0.05) is 6.92 Å². The zero-order valence-corrected chi connectivity index (χ0v) is 13.5. The minimum Gasteiger partial charge on any atom is -0.401 e. The number of H-pyrrole nitrogens is 1. The first-order chi connectivity index (χ1) is 10.2. The second kappa shape index (κ2) is 7.66. The van der Waals surface area contributed by atoms with Gasteiger partial charge in [0.1, 0.15) is 0 Å². The molecule has 2 rings (SSSR count). The van der Waals surface area contributed by atoms with Crippen molar-refractivity contribution in [3.05, 3.63) is 28.7 Å². The summed E-state index contributed by atoms with van der Waals surface area (Å²) < 4.78 is 5.15. The van der Waals surface area contributed by atoms with Crippen LogP contribution in [0.1, 0.15) is 49.9 Å². The van der Waals surface area contributed by atoms with E-state index in [1.54, 1.807) is 7.11 Å². The fourth-order valence-corrected chi connectivity index (χ4v) is 2.60. The first-order valence-corrected chi connectivity index (χ1v) is 8.06. The lowest BCUT2D eigenvalue weighted by atomic mass is 10.0. The van der Waals surface area contributed by atoms with Gasteiger partial charge in [-0.05, 0) is 50.7 Å². The monoisotopic (exact) mass is 291 g/mol. The van der Waals surface area contributed by atoms with Crippen LogP contribution >= 0.6 is 0 Å². The van der Waals surface area contributed by atoms with Crippen LogP contribution in [0.15, 0.2) is 11.9 Å². The Labute approximate surface area is 128 Å². The van der Waals surface area contributed by atoms with Gasteiger partial charge in [-0.3, -0.25) is 0 Å². The Bertz CT molecular complexity index is 474. The molecule has 21 heavy (non-hydrogen) atoms. The smallest absolute Gasteiger partial charge is 0.0465 e. The van der Waals surface area contributed by atoms with Crippen molar-refractivity contribution >= 4 is 6.08 Å². The van der Waals surface area contributed by atoms with Gasteiger partial charge in [0.05, 0.1) is 0 Å². The third kappa shape index (κ3) is 4.61. The number of hydrogen-bond donors (Lipinski definition) is 3. The molecule has 1 unspecified atom stereocenters. The number of hydrogen-bond acceptors (Lipinski definition) is 3.